The van der Waals surface area contributed by atoms with Gasteiger partial charge in [-0.2, -0.15) is 0 Å². The van der Waals surface area contributed by atoms with Crippen LogP contribution in [0.4, 0.5) is 0 Å². The monoisotopic (exact) mass is 270 g/mol. The molecule has 0 unspecified atom stereocenters. The quantitative estimate of drug-likeness (QED) is 0.856. The molecule has 0 aromatic heterocycles. The van der Waals surface area contributed by atoms with Gasteiger partial charge in [-0.1, -0.05) is 13.8 Å². The molecule has 18 heavy (non-hydrogen) atoms. The van der Waals surface area contributed by atoms with E-state index in [0.29, 0.717) is 23.6 Å². The van der Waals surface area contributed by atoms with Crippen LogP contribution in [0, 0.1) is 12.8 Å². The third-order valence-electron chi connectivity index (χ3n) is 2.31. The van der Waals surface area contributed by atoms with Crippen molar-refractivity contribution in [2.75, 3.05) is 6.54 Å². The van der Waals surface area contributed by atoms with E-state index in [1.54, 1.807) is 13.0 Å². The zero-order chi connectivity index (χ0) is 13.9. The summed E-state index contributed by atoms with van der Waals surface area (Å²) in [5, 5.41) is 7.79. The van der Waals surface area contributed by atoms with Crippen molar-refractivity contribution in [2.24, 2.45) is 11.1 Å². The summed E-state index contributed by atoms with van der Waals surface area (Å²) in [5.74, 6) is 0.0359. The van der Waals surface area contributed by atoms with Gasteiger partial charge >= 0.3 is 0 Å². The van der Waals surface area contributed by atoms with Gasteiger partial charge in [0.05, 0.1) is 4.90 Å². The number of hydrogen-bond acceptors (Lipinski definition) is 3. The highest BCUT2D eigenvalue weighted by molar-refractivity contribution is 7.89. The van der Waals surface area contributed by atoms with E-state index >= 15 is 0 Å². The fraction of sp³-hybridized carbons (Fsp3) is 0.417. The van der Waals surface area contributed by atoms with Gasteiger partial charge in [-0.3, -0.25) is 4.79 Å². The van der Waals surface area contributed by atoms with Crippen LogP contribution in [-0.4, -0.2) is 20.9 Å². The molecular formula is C12H18N2O3S. The molecule has 1 aromatic carbocycles. The Labute approximate surface area is 107 Å². The van der Waals surface area contributed by atoms with Gasteiger partial charge in [-0.15, -0.1) is 0 Å². The molecule has 3 N–H and O–H groups in total. The normalized spacial score (nSPS) is 11.6. The van der Waals surface area contributed by atoms with E-state index in [0.717, 1.165) is 0 Å². The molecule has 0 bridgehead atoms. The average molecular weight is 270 g/mol. The van der Waals surface area contributed by atoms with Crippen LogP contribution in [0.5, 0.6) is 0 Å². The van der Waals surface area contributed by atoms with Crippen LogP contribution in [0.25, 0.3) is 0 Å². The van der Waals surface area contributed by atoms with Crippen molar-refractivity contribution in [2.45, 2.75) is 25.7 Å². The molecule has 6 heteroatoms. The Bertz CT molecular complexity index is 550. The van der Waals surface area contributed by atoms with Crippen molar-refractivity contribution in [3.05, 3.63) is 29.3 Å². The van der Waals surface area contributed by atoms with Crippen LogP contribution in [0.3, 0.4) is 0 Å². The minimum absolute atomic E-state index is 0.0443. The summed E-state index contributed by atoms with van der Waals surface area (Å²) < 4.78 is 22.5. The van der Waals surface area contributed by atoms with Gasteiger partial charge in [0, 0.05) is 12.1 Å². The number of amides is 1. The standard InChI is InChI=1S/C12H18N2O3S/c1-8(2)7-14-12(15)10-4-9(3)5-11(6-10)18(13,16)17/h4-6,8H,7H2,1-3H3,(H,14,15)(H2,13,16,17). The molecule has 1 aromatic rings. The van der Waals surface area contributed by atoms with Crippen molar-refractivity contribution in [3.63, 3.8) is 0 Å². The lowest BCUT2D eigenvalue weighted by Gasteiger charge is -2.09. The molecule has 0 atom stereocenters. The molecule has 0 spiro atoms. The van der Waals surface area contributed by atoms with Crippen molar-refractivity contribution >= 4 is 15.9 Å². The molecule has 0 heterocycles. The highest BCUT2D eigenvalue weighted by Crippen LogP contribution is 2.13. The van der Waals surface area contributed by atoms with Gasteiger partial charge in [-0.25, -0.2) is 13.6 Å². The Kier molecular flexibility index (Phi) is 4.48. The van der Waals surface area contributed by atoms with Gasteiger partial charge in [0.1, 0.15) is 0 Å². The SMILES string of the molecule is Cc1cc(C(=O)NCC(C)C)cc(S(N)(=O)=O)c1. The molecule has 5 nitrogen and oxygen atoms in total. The molecular weight excluding hydrogens is 252 g/mol. The number of hydrogen-bond donors (Lipinski definition) is 2. The predicted octanol–water partition coefficient (Wildman–Crippen LogP) is 1.03. The van der Waals surface area contributed by atoms with E-state index in [1.165, 1.54) is 12.1 Å². The molecule has 0 saturated carbocycles. The van der Waals surface area contributed by atoms with Gasteiger partial charge in [0.15, 0.2) is 0 Å². The van der Waals surface area contributed by atoms with E-state index in [4.69, 9.17) is 5.14 Å². The number of sulfonamides is 1. The topological polar surface area (TPSA) is 89.3 Å². The lowest BCUT2D eigenvalue weighted by molar-refractivity contribution is 0.0948. The number of aryl methyl sites for hydroxylation is 1. The average Bonchev–Trinajstić information content (AvgIpc) is 2.23. The van der Waals surface area contributed by atoms with Crippen molar-refractivity contribution < 1.29 is 13.2 Å². The number of nitrogens with two attached hydrogens (primary N) is 1. The molecule has 100 valence electrons. The van der Waals surface area contributed by atoms with Crippen LogP contribution in [-0.2, 0) is 10.0 Å². The highest BCUT2D eigenvalue weighted by atomic mass is 32.2. The maximum Gasteiger partial charge on any atom is 0.251 e. The second-order valence-corrected chi connectivity index (χ2v) is 6.25. The zero-order valence-corrected chi connectivity index (χ0v) is 11.5. The number of rotatable bonds is 4. The van der Waals surface area contributed by atoms with Gasteiger partial charge in [-0.05, 0) is 36.6 Å². The summed E-state index contributed by atoms with van der Waals surface area (Å²) >= 11 is 0. The fourth-order valence-corrected chi connectivity index (χ4v) is 2.08. The highest BCUT2D eigenvalue weighted by Gasteiger charge is 2.13. The van der Waals surface area contributed by atoms with E-state index in [-0.39, 0.29) is 10.8 Å². The summed E-state index contributed by atoms with van der Waals surface area (Å²) in [4.78, 5) is 11.8. The summed E-state index contributed by atoms with van der Waals surface area (Å²) in [5.41, 5.74) is 0.982. The Balaban J connectivity index is 3.03. The smallest absolute Gasteiger partial charge is 0.251 e. The van der Waals surface area contributed by atoms with E-state index in [9.17, 15) is 13.2 Å². The minimum atomic E-state index is -3.79. The first kappa shape index (κ1) is 14.7. The summed E-state index contributed by atoms with van der Waals surface area (Å²) in [6.45, 7) is 6.21. The van der Waals surface area contributed by atoms with Crippen LogP contribution >= 0.6 is 0 Å². The van der Waals surface area contributed by atoms with Crippen LogP contribution in [0.1, 0.15) is 29.8 Å². The molecule has 0 aliphatic heterocycles. The van der Waals surface area contributed by atoms with Crippen molar-refractivity contribution in [1.82, 2.24) is 5.32 Å². The Morgan fingerprint density at radius 2 is 1.94 bits per heavy atom. The molecule has 0 radical (unpaired) electrons. The van der Waals surface area contributed by atoms with Gasteiger partial charge in [0.25, 0.3) is 5.91 Å². The molecule has 0 aliphatic rings. The van der Waals surface area contributed by atoms with Crippen LogP contribution in [0.15, 0.2) is 23.1 Å². The maximum absolute atomic E-state index is 11.8. The van der Waals surface area contributed by atoms with Crippen molar-refractivity contribution in [1.29, 1.82) is 0 Å². The zero-order valence-electron chi connectivity index (χ0n) is 10.7. The molecule has 1 rings (SSSR count). The van der Waals surface area contributed by atoms with Crippen LogP contribution in [0.2, 0.25) is 0 Å². The fourth-order valence-electron chi connectivity index (χ4n) is 1.44. The number of benzene rings is 1. The third kappa shape index (κ3) is 4.12. The number of carbonyl (C=O) groups is 1. The molecule has 0 aliphatic carbocycles. The second kappa shape index (κ2) is 5.49. The summed E-state index contributed by atoms with van der Waals surface area (Å²) in [6, 6.07) is 4.36. The molecule has 0 saturated heterocycles. The van der Waals surface area contributed by atoms with Gasteiger partial charge in [0.2, 0.25) is 10.0 Å². The first-order valence-electron chi connectivity index (χ1n) is 5.63. The van der Waals surface area contributed by atoms with Gasteiger partial charge < -0.3 is 5.32 Å². The van der Waals surface area contributed by atoms with E-state index in [2.05, 4.69) is 5.32 Å². The first-order valence-corrected chi connectivity index (χ1v) is 7.17. The van der Waals surface area contributed by atoms with Crippen LogP contribution < -0.4 is 10.5 Å². The Hall–Kier alpha value is -1.40. The Morgan fingerprint density at radius 3 is 2.44 bits per heavy atom. The lowest BCUT2D eigenvalue weighted by Crippen LogP contribution is -2.27. The summed E-state index contributed by atoms with van der Waals surface area (Å²) in [6.07, 6.45) is 0. The maximum atomic E-state index is 11.8. The third-order valence-corrected chi connectivity index (χ3v) is 3.21. The minimum Gasteiger partial charge on any atom is -0.352 e. The molecule has 1 amide bonds. The lowest BCUT2D eigenvalue weighted by atomic mass is 10.1. The number of primary sulfonamides is 1. The largest absolute Gasteiger partial charge is 0.352 e. The predicted molar refractivity (Wildman–Crippen MR) is 69.7 cm³/mol. The van der Waals surface area contributed by atoms with E-state index < -0.39 is 10.0 Å². The number of nitrogens with one attached hydrogen (secondary N) is 1. The Morgan fingerprint density at radius 1 is 1.33 bits per heavy atom. The summed E-state index contributed by atoms with van der Waals surface area (Å²) in [7, 11) is -3.79. The number of carbonyl (C=O) groups excluding carboxylic acids is 1. The second-order valence-electron chi connectivity index (χ2n) is 4.68. The first-order chi connectivity index (χ1) is 8.20. The van der Waals surface area contributed by atoms with E-state index in [1.807, 2.05) is 13.8 Å². The molecule has 0 fully saturated rings. The van der Waals surface area contributed by atoms with Crippen molar-refractivity contribution in [3.8, 4) is 0 Å².